The summed E-state index contributed by atoms with van der Waals surface area (Å²) in [4.78, 5) is 0. The molecule has 0 fully saturated rings. The average Bonchev–Trinajstić information content (AvgIpc) is 2.27. The van der Waals surface area contributed by atoms with Crippen molar-refractivity contribution in [1.82, 2.24) is 0 Å². The highest BCUT2D eigenvalue weighted by atomic mass is 16.5. The molecule has 0 spiro atoms. The molecule has 4 N–H and O–H groups in total. The zero-order valence-electron chi connectivity index (χ0n) is 8.84. The fourth-order valence-electron chi connectivity index (χ4n) is 1.03. The van der Waals surface area contributed by atoms with E-state index in [1.165, 1.54) is 6.21 Å². The Balaban J connectivity index is 2.81. The van der Waals surface area contributed by atoms with E-state index in [1.54, 1.807) is 6.08 Å². The standard InChI is InChI=1S/C11H14N4O/c1-2-7-16-10-6-4-3-5-9(10)8-14-15-11(12)13/h2-6,8H,1,7H2,(H4,12,13,15)/b14-8-. The molecule has 0 heterocycles. The molecule has 84 valence electrons. The fourth-order valence-corrected chi connectivity index (χ4v) is 1.03. The number of guanidine groups is 1. The van der Waals surface area contributed by atoms with Gasteiger partial charge in [-0.3, -0.25) is 0 Å². The van der Waals surface area contributed by atoms with Crippen LogP contribution >= 0.6 is 0 Å². The van der Waals surface area contributed by atoms with E-state index in [1.807, 2.05) is 24.3 Å². The van der Waals surface area contributed by atoms with Crippen molar-refractivity contribution in [3.63, 3.8) is 0 Å². The Bertz CT molecular complexity index is 408. The van der Waals surface area contributed by atoms with Crippen molar-refractivity contribution in [1.29, 1.82) is 0 Å². The van der Waals surface area contributed by atoms with Crippen LogP contribution in [0.15, 0.2) is 47.1 Å². The number of hydrogen-bond donors (Lipinski definition) is 2. The van der Waals surface area contributed by atoms with Crippen molar-refractivity contribution < 1.29 is 4.74 Å². The van der Waals surface area contributed by atoms with Gasteiger partial charge < -0.3 is 16.2 Å². The lowest BCUT2D eigenvalue weighted by molar-refractivity contribution is 0.363. The second-order valence-electron chi connectivity index (χ2n) is 2.91. The van der Waals surface area contributed by atoms with Crippen LogP contribution in [0.4, 0.5) is 0 Å². The molecule has 0 bridgehead atoms. The van der Waals surface area contributed by atoms with Gasteiger partial charge in [-0.25, -0.2) is 0 Å². The Labute approximate surface area is 94.1 Å². The highest BCUT2D eigenvalue weighted by Crippen LogP contribution is 2.15. The molecule has 0 unspecified atom stereocenters. The maximum Gasteiger partial charge on any atom is 0.211 e. The van der Waals surface area contributed by atoms with Gasteiger partial charge >= 0.3 is 0 Å². The Morgan fingerprint density at radius 2 is 2.12 bits per heavy atom. The second-order valence-corrected chi connectivity index (χ2v) is 2.91. The van der Waals surface area contributed by atoms with Gasteiger partial charge in [0.1, 0.15) is 12.4 Å². The van der Waals surface area contributed by atoms with Gasteiger partial charge in [0.05, 0.1) is 6.21 Å². The molecule has 0 atom stereocenters. The molecule has 5 nitrogen and oxygen atoms in total. The highest BCUT2D eigenvalue weighted by Gasteiger charge is 1.98. The first-order chi connectivity index (χ1) is 7.74. The van der Waals surface area contributed by atoms with Crippen molar-refractivity contribution in [2.75, 3.05) is 6.61 Å². The Morgan fingerprint density at radius 1 is 1.38 bits per heavy atom. The number of nitrogens with zero attached hydrogens (tertiary/aromatic N) is 2. The predicted molar refractivity (Wildman–Crippen MR) is 65.5 cm³/mol. The van der Waals surface area contributed by atoms with Crippen LogP contribution in [0.3, 0.4) is 0 Å². The zero-order chi connectivity index (χ0) is 11.8. The van der Waals surface area contributed by atoms with Gasteiger partial charge in [0.2, 0.25) is 5.96 Å². The summed E-state index contributed by atoms with van der Waals surface area (Å²) in [5, 5.41) is 7.22. The van der Waals surface area contributed by atoms with Crippen LogP contribution in [0.5, 0.6) is 5.75 Å². The predicted octanol–water partition coefficient (Wildman–Crippen LogP) is 0.859. The summed E-state index contributed by atoms with van der Waals surface area (Å²) in [6, 6.07) is 7.43. The third kappa shape index (κ3) is 3.83. The van der Waals surface area contributed by atoms with E-state index < -0.39 is 0 Å². The smallest absolute Gasteiger partial charge is 0.211 e. The quantitative estimate of drug-likeness (QED) is 0.332. The summed E-state index contributed by atoms with van der Waals surface area (Å²) < 4.78 is 5.42. The van der Waals surface area contributed by atoms with Crippen LogP contribution in [0.25, 0.3) is 0 Å². The maximum atomic E-state index is 5.42. The van der Waals surface area contributed by atoms with Gasteiger partial charge in [0, 0.05) is 5.56 Å². The van der Waals surface area contributed by atoms with Crippen molar-refractivity contribution in [2.24, 2.45) is 21.7 Å². The van der Waals surface area contributed by atoms with Gasteiger partial charge in [-0.15, -0.1) is 5.10 Å². The van der Waals surface area contributed by atoms with E-state index in [0.29, 0.717) is 12.4 Å². The maximum absolute atomic E-state index is 5.42. The third-order valence-electron chi connectivity index (χ3n) is 1.65. The first-order valence-corrected chi connectivity index (χ1v) is 4.68. The molecule has 16 heavy (non-hydrogen) atoms. The minimum Gasteiger partial charge on any atom is -0.489 e. The van der Waals surface area contributed by atoms with Crippen LogP contribution in [0, 0.1) is 0 Å². The molecule has 1 aromatic rings. The van der Waals surface area contributed by atoms with E-state index in [2.05, 4.69) is 16.8 Å². The minimum absolute atomic E-state index is 0.0826. The normalized spacial score (nSPS) is 10.0. The topological polar surface area (TPSA) is 86.0 Å². The molecule has 0 aliphatic rings. The number of benzene rings is 1. The molecular formula is C11H14N4O. The lowest BCUT2D eigenvalue weighted by Crippen LogP contribution is -2.21. The van der Waals surface area contributed by atoms with Gasteiger partial charge in [-0.05, 0) is 12.1 Å². The number of nitrogens with two attached hydrogens (primary N) is 2. The summed E-state index contributed by atoms with van der Waals surface area (Å²) in [5.41, 5.74) is 11.1. The molecule has 0 saturated heterocycles. The van der Waals surface area contributed by atoms with Crippen molar-refractivity contribution in [2.45, 2.75) is 0 Å². The molecule has 0 radical (unpaired) electrons. The summed E-state index contributed by atoms with van der Waals surface area (Å²) in [6.45, 7) is 4.01. The molecule has 5 heteroatoms. The molecule has 1 rings (SSSR count). The molecular weight excluding hydrogens is 204 g/mol. The van der Waals surface area contributed by atoms with Gasteiger partial charge in [0.15, 0.2) is 0 Å². The number of rotatable bonds is 5. The van der Waals surface area contributed by atoms with Crippen LogP contribution < -0.4 is 16.2 Å². The van der Waals surface area contributed by atoms with Crippen molar-refractivity contribution in [3.05, 3.63) is 42.5 Å². The van der Waals surface area contributed by atoms with E-state index in [0.717, 1.165) is 5.56 Å². The SMILES string of the molecule is C=CCOc1ccccc1/C=N\N=C(N)N. The molecule has 1 aromatic carbocycles. The number of hydrogen-bond acceptors (Lipinski definition) is 3. The number of ether oxygens (including phenoxy) is 1. The molecule has 0 aliphatic heterocycles. The van der Waals surface area contributed by atoms with Crippen LogP contribution in [0.1, 0.15) is 5.56 Å². The van der Waals surface area contributed by atoms with E-state index >= 15 is 0 Å². The second kappa shape index (κ2) is 6.23. The highest BCUT2D eigenvalue weighted by molar-refractivity contribution is 5.84. The first-order valence-electron chi connectivity index (χ1n) is 4.68. The molecule has 0 aromatic heterocycles. The molecule has 0 aliphatic carbocycles. The Morgan fingerprint density at radius 3 is 2.81 bits per heavy atom. The van der Waals surface area contributed by atoms with Gasteiger partial charge in [-0.2, -0.15) is 5.10 Å². The minimum atomic E-state index is -0.0826. The summed E-state index contributed by atoms with van der Waals surface area (Å²) in [6.07, 6.45) is 3.20. The molecule has 0 amide bonds. The van der Waals surface area contributed by atoms with Crippen LogP contribution in [-0.4, -0.2) is 18.8 Å². The van der Waals surface area contributed by atoms with E-state index in [4.69, 9.17) is 16.2 Å². The summed E-state index contributed by atoms with van der Waals surface area (Å²) >= 11 is 0. The van der Waals surface area contributed by atoms with Crippen molar-refractivity contribution >= 4 is 12.2 Å². The van der Waals surface area contributed by atoms with Crippen LogP contribution in [-0.2, 0) is 0 Å². The van der Waals surface area contributed by atoms with Crippen molar-refractivity contribution in [3.8, 4) is 5.75 Å². The summed E-state index contributed by atoms with van der Waals surface area (Å²) in [7, 11) is 0. The zero-order valence-corrected chi connectivity index (χ0v) is 8.84. The Hall–Kier alpha value is -2.30. The van der Waals surface area contributed by atoms with E-state index in [9.17, 15) is 0 Å². The summed E-state index contributed by atoms with van der Waals surface area (Å²) in [5.74, 6) is 0.623. The van der Waals surface area contributed by atoms with E-state index in [-0.39, 0.29) is 5.96 Å². The Kier molecular flexibility index (Phi) is 4.59. The molecule has 0 saturated carbocycles. The first kappa shape index (κ1) is 11.8. The lowest BCUT2D eigenvalue weighted by atomic mass is 10.2. The number of para-hydroxylation sites is 1. The third-order valence-corrected chi connectivity index (χ3v) is 1.65. The lowest BCUT2D eigenvalue weighted by Gasteiger charge is -2.05. The largest absolute Gasteiger partial charge is 0.489 e. The average molecular weight is 218 g/mol. The monoisotopic (exact) mass is 218 g/mol. The van der Waals surface area contributed by atoms with Gasteiger partial charge in [0.25, 0.3) is 0 Å². The fraction of sp³-hybridized carbons (Fsp3) is 0.0909. The van der Waals surface area contributed by atoms with Gasteiger partial charge in [-0.1, -0.05) is 24.8 Å². The van der Waals surface area contributed by atoms with Crippen LogP contribution in [0.2, 0.25) is 0 Å².